The highest BCUT2D eigenvalue weighted by Gasteiger charge is 2.04. The molecule has 21 heavy (non-hydrogen) atoms. The second-order valence-electron chi connectivity index (χ2n) is 4.26. The van der Waals surface area contributed by atoms with Crippen molar-refractivity contribution in [3.63, 3.8) is 0 Å². The molecule has 0 unspecified atom stereocenters. The molecule has 3 nitrogen and oxygen atoms in total. The third kappa shape index (κ3) is 4.76. The van der Waals surface area contributed by atoms with Gasteiger partial charge in [0.25, 0.3) is 0 Å². The predicted octanol–water partition coefficient (Wildman–Crippen LogP) is 4.49. The Kier molecular flexibility index (Phi) is 6.08. The SMILES string of the molecule is CCOc1ccc(N)c(SCCOc2ccccc2Cl)c1. The lowest BCUT2D eigenvalue weighted by molar-refractivity contribution is 0.339. The summed E-state index contributed by atoms with van der Waals surface area (Å²) in [5.41, 5.74) is 6.72. The maximum atomic E-state index is 6.03. The van der Waals surface area contributed by atoms with Crippen LogP contribution in [-0.2, 0) is 0 Å². The van der Waals surface area contributed by atoms with Crippen molar-refractivity contribution in [3.05, 3.63) is 47.5 Å². The van der Waals surface area contributed by atoms with Gasteiger partial charge in [0.2, 0.25) is 0 Å². The first-order valence-corrected chi connectivity index (χ1v) is 8.09. The van der Waals surface area contributed by atoms with E-state index in [9.17, 15) is 0 Å². The van der Waals surface area contributed by atoms with Crippen LogP contribution in [0.5, 0.6) is 11.5 Å². The van der Waals surface area contributed by atoms with Gasteiger partial charge in [-0.3, -0.25) is 0 Å². The smallest absolute Gasteiger partial charge is 0.137 e. The Labute approximate surface area is 134 Å². The summed E-state index contributed by atoms with van der Waals surface area (Å²) in [4.78, 5) is 1.00. The van der Waals surface area contributed by atoms with Gasteiger partial charge in [0.05, 0.1) is 18.2 Å². The summed E-state index contributed by atoms with van der Waals surface area (Å²) >= 11 is 7.67. The first-order valence-electron chi connectivity index (χ1n) is 6.73. The van der Waals surface area contributed by atoms with E-state index in [2.05, 4.69) is 0 Å². The number of para-hydroxylation sites is 1. The van der Waals surface area contributed by atoms with E-state index < -0.39 is 0 Å². The van der Waals surface area contributed by atoms with Crippen LogP contribution >= 0.6 is 23.4 Å². The van der Waals surface area contributed by atoms with Crippen molar-refractivity contribution in [1.82, 2.24) is 0 Å². The fraction of sp³-hybridized carbons (Fsp3) is 0.250. The Balaban J connectivity index is 1.86. The van der Waals surface area contributed by atoms with Crippen LogP contribution in [0, 0.1) is 0 Å². The third-order valence-corrected chi connectivity index (χ3v) is 4.08. The molecule has 112 valence electrons. The predicted molar refractivity (Wildman–Crippen MR) is 89.7 cm³/mol. The summed E-state index contributed by atoms with van der Waals surface area (Å²) in [6.07, 6.45) is 0. The van der Waals surface area contributed by atoms with E-state index in [0.717, 1.165) is 22.1 Å². The van der Waals surface area contributed by atoms with Crippen LogP contribution in [0.1, 0.15) is 6.92 Å². The molecule has 0 aliphatic carbocycles. The maximum Gasteiger partial charge on any atom is 0.137 e. The van der Waals surface area contributed by atoms with Crippen molar-refractivity contribution >= 4 is 29.1 Å². The Hall–Kier alpha value is -1.52. The number of thioether (sulfide) groups is 1. The number of hydrogen-bond acceptors (Lipinski definition) is 4. The van der Waals surface area contributed by atoms with E-state index >= 15 is 0 Å². The normalized spacial score (nSPS) is 10.4. The molecule has 0 fully saturated rings. The summed E-state index contributed by atoms with van der Waals surface area (Å²) in [5.74, 6) is 2.32. The zero-order valence-corrected chi connectivity index (χ0v) is 13.4. The topological polar surface area (TPSA) is 44.5 Å². The maximum absolute atomic E-state index is 6.03. The van der Waals surface area contributed by atoms with Crippen LogP contribution in [0.4, 0.5) is 5.69 Å². The molecule has 0 atom stereocenters. The number of benzene rings is 2. The lowest BCUT2D eigenvalue weighted by Gasteiger charge is -2.10. The molecule has 5 heteroatoms. The zero-order valence-electron chi connectivity index (χ0n) is 11.8. The Morgan fingerprint density at radius 1 is 1.14 bits per heavy atom. The first-order chi connectivity index (χ1) is 10.2. The van der Waals surface area contributed by atoms with E-state index in [-0.39, 0.29) is 0 Å². The number of anilines is 1. The second kappa shape index (κ2) is 8.05. The van der Waals surface area contributed by atoms with Crippen LogP contribution in [0.3, 0.4) is 0 Å². The molecular weight excluding hydrogens is 306 g/mol. The fourth-order valence-corrected chi connectivity index (χ4v) is 2.77. The molecule has 0 amide bonds. The minimum Gasteiger partial charge on any atom is -0.494 e. The standard InChI is InChI=1S/C16H18ClNO2S/c1-2-19-12-7-8-14(18)16(11-12)21-10-9-20-15-6-4-3-5-13(15)17/h3-8,11H,2,9-10,18H2,1H3. The summed E-state index contributed by atoms with van der Waals surface area (Å²) in [5, 5.41) is 0.625. The number of rotatable bonds is 7. The Bertz CT molecular complexity index is 592. The van der Waals surface area contributed by atoms with Gasteiger partial charge in [0, 0.05) is 16.3 Å². The number of hydrogen-bond donors (Lipinski definition) is 1. The lowest BCUT2D eigenvalue weighted by atomic mass is 10.3. The zero-order chi connectivity index (χ0) is 15.1. The number of nitrogens with two attached hydrogens (primary N) is 1. The van der Waals surface area contributed by atoms with Crippen molar-refractivity contribution in [2.75, 3.05) is 24.7 Å². The Morgan fingerprint density at radius 3 is 2.71 bits per heavy atom. The molecule has 0 aromatic heterocycles. The van der Waals surface area contributed by atoms with Crippen molar-refractivity contribution in [1.29, 1.82) is 0 Å². The molecule has 0 saturated carbocycles. The highest BCUT2D eigenvalue weighted by atomic mass is 35.5. The van der Waals surface area contributed by atoms with E-state index in [1.807, 2.05) is 49.4 Å². The molecule has 0 aliphatic heterocycles. The van der Waals surface area contributed by atoms with E-state index in [4.69, 9.17) is 26.8 Å². The monoisotopic (exact) mass is 323 g/mol. The fourth-order valence-electron chi connectivity index (χ4n) is 1.76. The van der Waals surface area contributed by atoms with Gasteiger partial charge in [-0.15, -0.1) is 11.8 Å². The van der Waals surface area contributed by atoms with Gasteiger partial charge in [0.1, 0.15) is 11.5 Å². The van der Waals surface area contributed by atoms with Crippen LogP contribution in [0.25, 0.3) is 0 Å². The van der Waals surface area contributed by atoms with E-state index in [0.29, 0.717) is 24.0 Å². The molecule has 2 aromatic carbocycles. The average Bonchev–Trinajstić information content (AvgIpc) is 2.48. The highest BCUT2D eigenvalue weighted by Crippen LogP contribution is 2.29. The van der Waals surface area contributed by atoms with Crippen LogP contribution in [0.2, 0.25) is 5.02 Å². The van der Waals surface area contributed by atoms with E-state index in [1.165, 1.54) is 0 Å². The van der Waals surface area contributed by atoms with Gasteiger partial charge in [-0.25, -0.2) is 0 Å². The highest BCUT2D eigenvalue weighted by molar-refractivity contribution is 7.99. The average molecular weight is 324 g/mol. The molecule has 0 spiro atoms. The van der Waals surface area contributed by atoms with Gasteiger partial charge in [-0.1, -0.05) is 23.7 Å². The molecule has 0 aliphatic rings. The third-order valence-electron chi connectivity index (χ3n) is 2.73. The molecule has 2 aromatic rings. The minimum absolute atomic E-state index is 0.562. The lowest BCUT2D eigenvalue weighted by Crippen LogP contribution is -2.01. The largest absolute Gasteiger partial charge is 0.494 e. The Morgan fingerprint density at radius 2 is 1.95 bits per heavy atom. The molecular formula is C16H18ClNO2S. The number of nitrogen functional groups attached to an aromatic ring is 1. The molecule has 0 bridgehead atoms. The van der Waals surface area contributed by atoms with Gasteiger partial charge < -0.3 is 15.2 Å². The van der Waals surface area contributed by atoms with Gasteiger partial charge in [-0.2, -0.15) is 0 Å². The van der Waals surface area contributed by atoms with E-state index in [1.54, 1.807) is 11.8 Å². The minimum atomic E-state index is 0.562. The number of ether oxygens (including phenoxy) is 2. The quantitative estimate of drug-likeness (QED) is 0.463. The molecule has 0 radical (unpaired) electrons. The summed E-state index contributed by atoms with van der Waals surface area (Å²) in [7, 11) is 0. The van der Waals surface area contributed by atoms with Gasteiger partial charge in [-0.05, 0) is 37.3 Å². The summed E-state index contributed by atoms with van der Waals surface area (Å²) in [6.45, 7) is 3.16. The van der Waals surface area contributed by atoms with Crippen molar-refractivity contribution in [2.24, 2.45) is 0 Å². The van der Waals surface area contributed by atoms with Crippen LogP contribution < -0.4 is 15.2 Å². The van der Waals surface area contributed by atoms with Crippen molar-refractivity contribution < 1.29 is 9.47 Å². The first kappa shape index (κ1) is 15.9. The van der Waals surface area contributed by atoms with Gasteiger partial charge >= 0.3 is 0 Å². The van der Waals surface area contributed by atoms with Crippen LogP contribution in [0.15, 0.2) is 47.4 Å². The molecule has 0 saturated heterocycles. The summed E-state index contributed by atoms with van der Waals surface area (Å²) in [6, 6.07) is 13.1. The number of halogens is 1. The molecule has 2 N–H and O–H groups in total. The van der Waals surface area contributed by atoms with Crippen molar-refractivity contribution in [2.45, 2.75) is 11.8 Å². The second-order valence-corrected chi connectivity index (χ2v) is 5.80. The molecule has 0 heterocycles. The van der Waals surface area contributed by atoms with Crippen molar-refractivity contribution in [3.8, 4) is 11.5 Å². The van der Waals surface area contributed by atoms with Crippen LogP contribution in [-0.4, -0.2) is 19.0 Å². The molecule has 2 rings (SSSR count). The van der Waals surface area contributed by atoms with Gasteiger partial charge in [0.15, 0.2) is 0 Å². The summed E-state index contributed by atoms with van der Waals surface area (Å²) < 4.78 is 11.1.